The largest absolute Gasteiger partial charge is 0.464 e. The van der Waals surface area contributed by atoms with Crippen LogP contribution in [0.3, 0.4) is 0 Å². The van der Waals surface area contributed by atoms with Crippen LogP contribution in [0.25, 0.3) is 22.6 Å². The molecule has 2 heterocycles. The van der Waals surface area contributed by atoms with Crippen molar-refractivity contribution in [2.24, 2.45) is 0 Å². The summed E-state index contributed by atoms with van der Waals surface area (Å²) >= 11 is 12.9. The Kier molecular flexibility index (Phi) is 8.21. The van der Waals surface area contributed by atoms with Gasteiger partial charge in [-0.2, -0.15) is 0 Å². The van der Waals surface area contributed by atoms with E-state index in [1.807, 2.05) is 6.92 Å². The second-order valence-electron chi connectivity index (χ2n) is 9.88. The molecule has 40 heavy (non-hydrogen) atoms. The van der Waals surface area contributed by atoms with Gasteiger partial charge in [0, 0.05) is 16.0 Å². The Bertz CT molecular complexity index is 1730. The molecule has 0 aliphatic carbocycles. The van der Waals surface area contributed by atoms with Gasteiger partial charge in [-0.25, -0.2) is 22.0 Å². The molecule has 0 aliphatic heterocycles. The van der Waals surface area contributed by atoms with Gasteiger partial charge in [0.05, 0.1) is 28.3 Å². The molecular formula is C29H27Cl2NO7S. The lowest BCUT2D eigenvalue weighted by Gasteiger charge is -2.20. The molecule has 0 amide bonds. The quantitative estimate of drug-likeness (QED) is 0.163. The number of halogens is 2. The molecule has 0 fully saturated rings. The number of rotatable bonds is 7. The van der Waals surface area contributed by atoms with Crippen LogP contribution in [0.4, 0.5) is 0 Å². The first-order valence-corrected chi connectivity index (χ1v) is 14.5. The number of carbonyl (C=O) groups excluding carboxylic acids is 2. The van der Waals surface area contributed by atoms with Crippen LogP contribution in [-0.2, 0) is 24.3 Å². The Labute approximate surface area is 242 Å². The number of benzene rings is 2. The van der Waals surface area contributed by atoms with E-state index in [1.165, 1.54) is 36.6 Å². The zero-order chi connectivity index (χ0) is 29.4. The molecule has 4 aromatic rings. The van der Waals surface area contributed by atoms with Gasteiger partial charge in [0.25, 0.3) is 10.0 Å². The zero-order valence-corrected chi connectivity index (χ0v) is 24.8. The molecule has 0 spiro atoms. The van der Waals surface area contributed by atoms with Crippen molar-refractivity contribution in [3.63, 3.8) is 0 Å². The number of carbonyl (C=O) groups is 2. The number of hydrogen-bond donors (Lipinski definition) is 0. The first-order chi connectivity index (χ1) is 18.7. The second kappa shape index (κ2) is 11.2. The Morgan fingerprint density at radius 2 is 1.75 bits per heavy atom. The summed E-state index contributed by atoms with van der Waals surface area (Å²) in [6.45, 7) is 8.48. The van der Waals surface area contributed by atoms with Gasteiger partial charge < -0.3 is 13.9 Å². The third-order valence-corrected chi connectivity index (χ3v) is 7.95. The number of hydrogen-bond acceptors (Lipinski definition) is 7. The lowest BCUT2D eigenvalue weighted by atomic mass is 10.0. The fourth-order valence-electron chi connectivity index (χ4n) is 4.07. The predicted molar refractivity (Wildman–Crippen MR) is 154 cm³/mol. The van der Waals surface area contributed by atoms with Crippen LogP contribution in [-0.4, -0.2) is 36.5 Å². The Balaban J connectivity index is 2.17. The maximum atomic E-state index is 14.1. The van der Waals surface area contributed by atoms with Gasteiger partial charge in [-0.05, 0) is 77.1 Å². The van der Waals surface area contributed by atoms with Crippen molar-refractivity contribution in [2.45, 2.75) is 45.1 Å². The second-order valence-corrected chi connectivity index (χ2v) is 12.5. The normalized spacial score (nSPS) is 12.5. The Morgan fingerprint density at radius 1 is 1.07 bits per heavy atom. The van der Waals surface area contributed by atoms with Gasteiger partial charge in [-0.3, -0.25) is 0 Å². The van der Waals surface area contributed by atoms with E-state index in [4.69, 9.17) is 37.1 Å². The average Bonchev–Trinajstić information content (AvgIpc) is 3.48. The van der Waals surface area contributed by atoms with Crippen LogP contribution in [0, 0.1) is 6.92 Å². The van der Waals surface area contributed by atoms with Crippen molar-refractivity contribution >= 4 is 67.7 Å². The Hall–Kier alpha value is -3.53. The molecule has 0 saturated carbocycles. The third kappa shape index (κ3) is 5.82. The standard InChI is InChI=1S/C29H27Cl2NO7S/c1-6-37-28(34)26-21(16-20(24-8-7-13-38-24)27(33)39-29(3,4)5)25-22(31)14-18(30)15-23(25)32(26)40(35,36)19-11-9-17(2)10-12-19/h7-16H,6H2,1-5H3/b20-16+. The van der Waals surface area contributed by atoms with E-state index >= 15 is 0 Å². The van der Waals surface area contributed by atoms with Crippen molar-refractivity contribution in [1.29, 1.82) is 0 Å². The summed E-state index contributed by atoms with van der Waals surface area (Å²) in [5.74, 6) is -1.57. The van der Waals surface area contributed by atoms with E-state index in [0.717, 1.165) is 9.54 Å². The number of ether oxygens (including phenoxy) is 2. The van der Waals surface area contributed by atoms with E-state index in [9.17, 15) is 18.0 Å². The smallest absolute Gasteiger partial charge is 0.356 e. The van der Waals surface area contributed by atoms with E-state index < -0.39 is 27.6 Å². The molecule has 0 radical (unpaired) electrons. The molecule has 2 aromatic carbocycles. The zero-order valence-electron chi connectivity index (χ0n) is 22.4. The summed E-state index contributed by atoms with van der Waals surface area (Å²) in [7, 11) is -4.40. The fourth-order valence-corrected chi connectivity index (χ4v) is 6.16. The maximum absolute atomic E-state index is 14.1. The van der Waals surface area contributed by atoms with Gasteiger partial charge in [-0.15, -0.1) is 0 Å². The molecule has 0 aliphatic rings. The summed E-state index contributed by atoms with van der Waals surface area (Å²) in [5, 5.41) is 0.359. The van der Waals surface area contributed by atoms with E-state index in [2.05, 4.69) is 0 Å². The Morgan fingerprint density at radius 3 is 2.33 bits per heavy atom. The van der Waals surface area contributed by atoms with Gasteiger partial charge in [0.2, 0.25) is 0 Å². The monoisotopic (exact) mass is 603 g/mol. The first-order valence-electron chi connectivity index (χ1n) is 12.3. The number of esters is 2. The SMILES string of the molecule is CCOC(=O)c1c(/C=C(/C(=O)OC(C)(C)C)c2ccco2)c2c(Cl)cc(Cl)cc2n1S(=O)(=O)c1ccc(C)cc1. The van der Waals surface area contributed by atoms with E-state index in [0.29, 0.717) is 0 Å². The van der Waals surface area contributed by atoms with Crippen LogP contribution in [0.15, 0.2) is 64.1 Å². The van der Waals surface area contributed by atoms with Crippen molar-refractivity contribution in [2.75, 3.05) is 6.61 Å². The molecule has 0 unspecified atom stereocenters. The average molecular weight is 605 g/mol. The number of fused-ring (bicyclic) bond motifs is 1. The summed E-state index contributed by atoms with van der Waals surface area (Å²) in [5.41, 5.74) is -0.409. The number of aryl methyl sites for hydroxylation is 1. The molecule has 210 valence electrons. The highest BCUT2D eigenvalue weighted by molar-refractivity contribution is 7.90. The van der Waals surface area contributed by atoms with Crippen LogP contribution in [0.1, 0.15) is 55.1 Å². The summed E-state index contributed by atoms with van der Waals surface area (Å²) in [6, 6.07) is 12.1. The van der Waals surface area contributed by atoms with Crippen molar-refractivity contribution in [3.8, 4) is 0 Å². The molecule has 0 atom stereocenters. The predicted octanol–water partition coefficient (Wildman–Crippen LogP) is 7.15. The van der Waals surface area contributed by atoms with E-state index in [-0.39, 0.29) is 55.0 Å². The molecule has 0 saturated heterocycles. The van der Waals surface area contributed by atoms with Crippen LogP contribution in [0.2, 0.25) is 10.0 Å². The van der Waals surface area contributed by atoms with Gasteiger partial charge >= 0.3 is 11.9 Å². The molecule has 0 bridgehead atoms. The number of furan rings is 1. The highest BCUT2D eigenvalue weighted by Gasteiger charge is 2.33. The molecule has 8 nitrogen and oxygen atoms in total. The minimum absolute atomic E-state index is 0.0167. The minimum Gasteiger partial charge on any atom is -0.464 e. The summed E-state index contributed by atoms with van der Waals surface area (Å²) in [4.78, 5) is 26.8. The molecule has 2 aromatic heterocycles. The maximum Gasteiger partial charge on any atom is 0.356 e. The highest BCUT2D eigenvalue weighted by Crippen LogP contribution is 2.39. The van der Waals surface area contributed by atoms with Crippen LogP contribution in [0.5, 0.6) is 0 Å². The highest BCUT2D eigenvalue weighted by atomic mass is 35.5. The lowest BCUT2D eigenvalue weighted by Crippen LogP contribution is -2.24. The first kappa shape index (κ1) is 29.5. The topological polar surface area (TPSA) is 105 Å². The summed E-state index contributed by atoms with van der Waals surface area (Å²) < 4.78 is 45.5. The van der Waals surface area contributed by atoms with Gasteiger partial charge in [0.15, 0.2) is 5.69 Å². The summed E-state index contributed by atoms with van der Waals surface area (Å²) in [6.07, 6.45) is 2.69. The van der Waals surface area contributed by atoms with Gasteiger partial charge in [-0.1, -0.05) is 40.9 Å². The van der Waals surface area contributed by atoms with Gasteiger partial charge in [0.1, 0.15) is 16.9 Å². The molecule has 4 rings (SSSR count). The minimum atomic E-state index is -4.40. The van der Waals surface area contributed by atoms with Crippen molar-refractivity contribution < 1.29 is 31.9 Å². The van der Waals surface area contributed by atoms with Crippen LogP contribution < -0.4 is 0 Å². The van der Waals surface area contributed by atoms with Crippen LogP contribution >= 0.6 is 23.2 Å². The van der Waals surface area contributed by atoms with E-state index in [1.54, 1.807) is 52.0 Å². The molecule has 0 N–H and O–H groups in total. The fraction of sp³-hybridized carbons (Fsp3) is 0.241. The number of nitrogens with zero attached hydrogens (tertiary/aromatic N) is 1. The molecule has 11 heteroatoms. The third-order valence-electron chi connectivity index (χ3n) is 5.70. The van der Waals surface area contributed by atoms with Crippen molar-refractivity contribution in [1.82, 2.24) is 3.97 Å². The molecular weight excluding hydrogens is 577 g/mol. The number of aromatic nitrogens is 1. The van der Waals surface area contributed by atoms with Crippen molar-refractivity contribution in [3.05, 3.63) is 87.4 Å². The lowest BCUT2D eigenvalue weighted by molar-refractivity contribution is -0.147.